The molecule has 1 aromatic carbocycles. The Morgan fingerprint density at radius 1 is 1.21 bits per heavy atom. The van der Waals surface area contributed by atoms with Crippen molar-refractivity contribution in [1.82, 2.24) is 14.9 Å². The summed E-state index contributed by atoms with van der Waals surface area (Å²) in [7, 11) is 0. The van der Waals surface area contributed by atoms with E-state index in [0.29, 0.717) is 11.6 Å². The summed E-state index contributed by atoms with van der Waals surface area (Å²) in [5.41, 5.74) is 1.26. The van der Waals surface area contributed by atoms with E-state index in [4.69, 9.17) is 4.74 Å². The number of likely N-dealkylation sites (tertiary alicyclic amines) is 1. The number of piperidine rings is 1. The van der Waals surface area contributed by atoms with Gasteiger partial charge in [0.2, 0.25) is 11.8 Å². The lowest BCUT2D eigenvalue weighted by Gasteiger charge is -2.31. The van der Waals surface area contributed by atoms with Crippen LogP contribution < -0.4 is 4.74 Å². The second-order valence-corrected chi connectivity index (χ2v) is 6.71. The highest BCUT2D eigenvalue weighted by Gasteiger charge is 2.24. The largest absolute Gasteiger partial charge is 0.473 e. The van der Waals surface area contributed by atoms with E-state index < -0.39 is 0 Å². The van der Waals surface area contributed by atoms with Crippen LogP contribution in [-0.4, -0.2) is 45.7 Å². The molecule has 0 bridgehead atoms. The number of benzene rings is 1. The van der Waals surface area contributed by atoms with Crippen LogP contribution in [0, 0.1) is 0 Å². The maximum Gasteiger partial charge on any atom is 0.232 e. The van der Waals surface area contributed by atoms with Gasteiger partial charge in [0.15, 0.2) is 0 Å². The lowest BCUT2D eigenvalue weighted by Crippen LogP contribution is -2.42. The zero-order valence-electron chi connectivity index (χ0n) is 13.5. The molecule has 0 N–H and O–H groups in total. The quantitative estimate of drug-likeness (QED) is 0.807. The molecule has 1 amide bonds. The Morgan fingerprint density at radius 3 is 2.71 bits per heavy atom. The second kappa shape index (κ2) is 8.68. The molecule has 0 saturated carbocycles. The Bertz CT molecular complexity index is 631. The van der Waals surface area contributed by atoms with Crippen molar-refractivity contribution in [2.45, 2.75) is 24.7 Å². The fraction of sp³-hybridized carbons (Fsp3) is 0.389. The monoisotopic (exact) mass is 343 g/mol. The molecular weight excluding hydrogens is 322 g/mol. The molecular formula is C18H21N3O2S. The van der Waals surface area contributed by atoms with Crippen LogP contribution in [0.25, 0.3) is 0 Å². The maximum atomic E-state index is 12.3. The van der Waals surface area contributed by atoms with Crippen molar-refractivity contribution in [3.63, 3.8) is 0 Å². The maximum absolute atomic E-state index is 12.3. The summed E-state index contributed by atoms with van der Waals surface area (Å²) >= 11 is 1.67. The van der Waals surface area contributed by atoms with E-state index >= 15 is 0 Å². The topological polar surface area (TPSA) is 55.3 Å². The van der Waals surface area contributed by atoms with Crippen molar-refractivity contribution in [1.29, 1.82) is 0 Å². The van der Waals surface area contributed by atoms with Gasteiger partial charge in [-0.2, -0.15) is 0 Å². The van der Waals surface area contributed by atoms with Crippen LogP contribution in [0.15, 0.2) is 48.9 Å². The summed E-state index contributed by atoms with van der Waals surface area (Å²) in [5.74, 6) is 2.18. The van der Waals surface area contributed by atoms with Crippen LogP contribution >= 0.6 is 11.8 Å². The third-order valence-electron chi connectivity index (χ3n) is 3.96. The minimum absolute atomic E-state index is 0.114. The van der Waals surface area contributed by atoms with E-state index in [0.717, 1.165) is 31.7 Å². The fourth-order valence-electron chi connectivity index (χ4n) is 2.66. The SMILES string of the molecule is O=C(CSCc1ccccc1)N1CCC(Oc2cnccn2)CC1. The van der Waals surface area contributed by atoms with Gasteiger partial charge in [-0.3, -0.25) is 9.78 Å². The van der Waals surface area contributed by atoms with Crippen molar-refractivity contribution in [3.05, 3.63) is 54.5 Å². The molecule has 3 rings (SSSR count). The standard InChI is InChI=1S/C18H21N3O2S/c22-18(14-24-13-15-4-2-1-3-5-15)21-10-6-16(7-11-21)23-17-12-19-8-9-20-17/h1-5,8-9,12,16H,6-7,10-11,13-14H2. The summed E-state index contributed by atoms with van der Waals surface area (Å²) in [6.45, 7) is 1.49. The minimum Gasteiger partial charge on any atom is -0.473 e. The highest BCUT2D eigenvalue weighted by Crippen LogP contribution is 2.18. The first kappa shape index (κ1) is 16.8. The predicted octanol–water partition coefficient (Wildman–Crippen LogP) is 2.78. The molecule has 1 aliphatic heterocycles. The molecule has 126 valence electrons. The van der Waals surface area contributed by atoms with Crippen LogP contribution in [0.5, 0.6) is 5.88 Å². The third kappa shape index (κ3) is 4.96. The Kier molecular flexibility index (Phi) is 6.07. The number of amides is 1. The van der Waals surface area contributed by atoms with Gasteiger partial charge in [0.05, 0.1) is 11.9 Å². The van der Waals surface area contributed by atoms with Gasteiger partial charge in [0.25, 0.3) is 0 Å². The third-order valence-corrected chi connectivity index (χ3v) is 4.95. The molecule has 1 aromatic heterocycles. The second-order valence-electron chi connectivity index (χ2n) is 5.72. The Morgan fingerprint density at radius 2 is 2.00 bits per heavy atom. The van der Waals surface area contributed by atoms with Crippen molar-refractivity contribution >= 4 is 17.7 Å². The van der Waals surface area contributed by atoms with Gasteiger partial charge in [-0.1, -0.05) is 30.3 Å². The first-order valence-electron chi connectivity index (χ1n) is 8.13. The molecule has 24 heavy (non-hydrogen) atoms. The number of hydrogen-bond acceptors (Lipinski definition) is 5. The highest BCUT2D eigenvalue weighted by molar-refractivity contribution is 7.99. The fourth-order valence-corrected chi connectivity index (χ4v) is 3.55. The van der Waals surface area contributed by atoms with Gasteiger partial charge in [0.1, 0.15) is 6.10 Å². The summed E-state index contributed by atoms with van der Waals surface area (Å²) in [6, 6.07) is 10.2. The molecule has 0 spiro atoms. The molecule has 1 aliphatic rings. The van der Waals surface area contributed by atoms with Gasteiger partial charge in [0, 0.05) is 44.1 Å². The molecule has 2 aromatic rings. The number of thioether (sulfide) groups is 1. The van der Waals surface area contributed by atoms with Gasteiger partial charge in [-0.15, -0.1) is 11.8 Å². The molecule has 0 unspecified atom stereocenters. The summed E-state index contributed by atoms with van der Waals surface area (Å²) in [5, 5.41) is 0. The lowest BCUT2D eigenvalue weighted by atomic mass is 10.1. The Hall–Kier alpha value is -2.08. The van der Waals surface area contributed by atoms with Crippen molar-refractivity contribution in [2.75, 3.05) is 18.8 Å². The van der Waals surface area contributed by atoms with E-state index in [9.17, 15) is 4.79 Å². The first-order chi connectivity index (χ1) is 11.8. The molecule has 5 nitrogen and oxygen atoms in total. The van der Waals surface area contributed by atoms with E-state index in [1.165, 1.54) is 5.56 Å². The zero-order chi connectivity index (χ0) is 16.6. The number of hydrogen-bond donors (Lipinski definition) is 0. The van der Waals surface area contributed by atoms with Crippen LogP contribution in [0.3, 0.4) is 0 Å². The van der Waals surface area contributed by atoms with E-state index in [2.05, 4.69) is 22.1 Å². The first-order valence-corrected chi connectivity index (χ1v) is 9.29. The number of carbonyl (C=O) groups is 1. The lowest BCUT2D eigenvalue weighted by molar-refractivity contribution is -0.130. The van der Waals surface area contributed by atoms with Crippen molar-refractivity contribution in [3.8, 4) is 5.88 Å². The normalized spacial score (nSPS) is 15.2. The average molecular weight is 343 g/mol. The summed E-state index contributed by atoms with van der Waals surface area (Å²) < 4.78 is 5.81. The predicted molar refractivity (Wildman–Crippen MR) is 94.9 cm³/mol. The number of aromatic nitrogens is 2. The number of ether oxygens (including phenoxy) is 1. The van der Waals surface area contributed by atoms with Gasteiger partial charge >= 0.3 is 0 Å². The molecule has 0 aliphatic carbocycles. The van der Waals surface area contributed by atoms with E-state index in [1.807, 2.05) is 23.1 Å². The number of rotatable bonds is 6. The molecule has 1 fully saturated rings. The minimum atomic E-state index is 0.114. The Balaban J connectivity index is 1.37. The molecule has 0 radical (unpaired) electrons. The average Bonchev–Trinajstić information content (AvgIpc) is 2.64. The van der Waals surface area contributed by atoms with E-state index in [1.54, 1.807) is 30.4 Å². The van der Waals surface area contributed by atoms with Gasteiger partial charge in [-0.05, 0) is 5.56 Å². The summed E-state index contributed by atoms with van der Waals surface area (Å²) in [6.07, 6.45) is 6.66. The molecule has 2 heterocycles. The van der Waals surface area contributed by atoms with Crippen LogP contribution in [0.4, 0.5) is 0 Å². The molecule has 1 saturated heterocycles. The smallest absolute Gasteiger partial charge is 0.232 e. The Labute approximate surface area is 146 Å². The van der Waals surface area contributed by atoms with Gasteiger partial charge in [-0.25, -0.2) is 4.98 Å². The molecule has 0 atom stereocenters. The molecule has 6 heteroatoms. The number of nitrogens with zero attached hydrogens (tertiary/aromatic N) is 3. The van der Waals surface area contributed by atoms with Crippen LogP contribution in [0.1, 0.15) is 18.4 Å². The number of carbonyl (C=O) groups excluding carboxylic acids is 1. The highest BCUT2D eigenvalue weighted by atomic mass is 32.2. The zero-order valence-corrected chi connectivity index (χ0v) is 14.3. The van der Waals surface area contributed by atoms with Crippen LogP contribution in [-0.2, 0) is 10.5 Å². The van der Waals surface area contributed by atoms with Crippen LogP contribution in [0.2, 0.25) is 0 Å². The van der Waals surface area contributed by atoms with Gasteiger partial charge < -0.3 is 9.64 Å². The van der Waals surface area contributed by atoms with E-state index in [-0.39, 0.29) is 12.0 Å². The summed E-state index contributed by atoms with van der Waals surface area (Å²) in [4.78, 5) is 22.4. The van der Waals surface area contributed by atoms with Crippen molar-refractivity contribution in [2.24, 2.45) is 0 Å². The van der Waals surface area contributed by atoms with Crippen molar-refractivity contribution < 1.29 is 9.53 Å².